The molecule has 2 rings (SSSR count). The maximum atomic E-state index is 11.0. The fraction of sp³-hybridized carbons (Fsp3) is 0.364. The summed E-state index contributed by atoms with van der Waals surface area (Å²) < 4.78 is 4.96. The SMILES string of the molecule is COc1cccc(C2(C#N)CC2)c1[N+](=O)[O-]. The first-order chi connectivity index (χ1) is 7.64. The van der Waals surface area contributed by atoms with E-state index in [9.17, 15) is 10.1 Å². The largest absolute Gasteiger partial charge is 0.490 e. The normalized spacial score (nSPS) is 16.2. The van der Waals surface area contributed by atoms with Gasteiger partial charge in [0.2, 0.25) is 0 Å². The molecule has 1 saturated carbocycles. The Bertz CT molecular complexity index is 486. The number of nitro benzene ring substituents is 1. The van der Waals surface area contributed by atoms with Crippen LogP contribution in [0.5, 0.6) is 5.75 Å². The van der Waals surface area contributed by atoms with Crippen molar-refractivity contribution in [2.45, 2.75) is 18.3 Å². The molecule has 0 unspecified atom stereocenters. The van der Waals surface area contributed by atoms with Gasteiger partial charge in [-0.05, 0) is 18.9 Å². The highest BCUT2D eigenvalue weighted by Crippen LogP contribution is 2.52. The van der Waals surface area contributed by atoms with Crippen molar-refractivity contribution >= 4 is 5.69 Å². The summed E-state index contributed by atoms with van der Waals surface area (Å²) in [6.07, 6.45) is 1.36. The Morgan fingerprint density at radius 2 is 2.25 bits per heavy atom. The Kier molecular flexibility index (Phi) is 2.27. The van der Waals surface area contributed by atoms with Crippen LogP contribution in [-0.4, -0.2) is 12.0 Å². The number of ether oxygens (including phenoxy) is 1. The quantitative estimate of drug-likeness (QED) is 0.575. The van der Waals surface area contributed by atoms with E-state index in [0.29, 0.717) is 18.4 Å². The van der Waals surface area contributed by atoms with Gasteiger partial charge in [0.05, 0.1) is 29.1 Å². The van der Waals surface area contributed by atoms with E-state index in [1.54, 1.807) is 12.1 Å². The minimum atomic E-state index is -0.670. The molecule has 0 atom stereocenters. The molecule has 0 saturated heterocycles. The summed E-state index contributed by atoms with van der Waals surface area (Å²) in [5.74, 6) is 0.212. The fourth-order valence-electron chi connectivity index (χ4n) is 1.83. The molecule has 1 fully saturated rings. The topological polar surface area (TPSA) is 76.2 Å². The van der Waals surface area contributed by atoms with Crippen molar-refractivity contribution in [2.24, 2.45) is 0 Å². The summed E-state index contributed by atoms with van der Waals surface area (Å²) in [5.41, 5.74) is -0.278. The molecule has 0 radical (unpaired) electrons. The van der Waals surface area contributed by atoms with Gasteiger partial charge in [0.25, 0.3) is 0 Å². The van der Waals surface area contributed by atoms with Crippen molar-refractivity contribution in [3.8, 4) is 11.8 Å². The lowest BCUT2D eigenvalue weighted by Crippen LogP contribution is -2.08. The van der Waals surface area contributed by atoms with Crippen LogP contribution in [0.3, 0.4) is 0 Å². The number of nitrogens with zero attached hydrogens (tertiary/aromatic N) is 2. The van der Waals surface area contributed by atoms with Crippen LogP contribution in [0, 0.1) is 21.4 Å². The smallest absolute Gasteiger partial charge is 0.315 e. The number of hydrogen-bond acceptors (Lipinski definition) is 4. The molecule has 0 aliphatic heterocycles. The maximum absolute atomic E-state index is 11.0. The number of benzene rings is 1. The van der Waals surface area contributed by atoms with Crippen LogP contribution in [0.25, 0.3) is 0 Å². The van der Waals surface area contributed by atoms with Crippen LogP contribution in [0.1, 0.15) is 18.4 Å². The molecule has 1 aliphatic rings. The zero-order chi connectivity index (χ0) is 11.8. The number of hydrogen-bond donors (Lipinski definition) is 0. The van der Waals surface area contributed by atoms with Gasteiger partial charge >= 0.3 is 5.69 Å². The Balaban J connectivity index is 2.62. The highest BCUT2D eigenvalue weighted by atomic mass is 16.6. The Hall–Kier alpha value is -2.09. The van der Waals surface area contributed by atoms with Crippen LogP contribution in [0.4, 0.5) is 5.69 Å². The second-order valence-corrected chi connectivity index (χ2v) is 3.81. The molecule has 0 spiro atoms. The van der Waals surface area contributed by atoms with E-state index >= 15 is 0 Å². The number of methoxy groups -OCH3 is 1. The molecule has 82 valence electrons. The summed E-state index contributed by atoms with van der Waals surface area (Å²) in [4.78, 5) is 10.5. The van der Waals surface area contributed by atoms with Crippen molar-refractivity contribution in [2.75, 3.05) is 7.11 Å². The Labute approximate surface area is 92.4 Å². The molecule has 5 heteroatoms. The van der Waals surface area contributed by atoms with E-state index in [-0.39, 0.29) is 11.4 Å². The molecular weight excluding hydrogens is 208 g/mol. The van der Waals surface area contributed by atoms with Gasteiger partial charge in [-0.2, -0.15) is 5.26 Å². The summed E-state index contributed by atoms with van der Waals surface area (Å²) in [6, 6.07) is 7.01. The zero-order valence-corrected chi connectivity index (χ0v) is 8.77. The predicted molar refractivity (Wildman–Crippen MR) is 56.2 cm³/mol. The summed E-state index contributed by atoms with van der Waals surface area (Å²) >= 11 is 0. The lowest BCUT2D eigenvalue weighted by atomic mass is 9.95. The molecule has 0 aromatic heterocycles. The molecular formula is C11H10N2O3. The van der Waals surface area contributed by atoms with Crippen LogP contribution in [0.15, 0.2) is 18.2 Å². The van der Waals surface area contributed by atoms with Crippen LogP contribution < -0.4 is 4.74 Å². The number of nitro groups is 1. The van der Waals surface area contributed by atoms with Crippen molar-refractivity contribution in [1.29, 1.82) is 5.26 Å². The van der Waals surface area contributed by atoms with Gasteiger partial charge in [-0.3, -0.25) is 10.1 Å². The number of rotatable bonds is 3. The molecule has 0 amide bonds. The van der Waals surface area contributed by atoms with Crippen LogP contribution >= 0.6 is 0 Å². The minimum absolute atomic E-state index is 0.0796. The van der Waals surface area contributed by atoms with Gasteiger partial charge < -0.3 is 4.74 Å². The number of para-hydroxylation sites is 1. The Morgan fingerprint density at radius 1 is 1.56 bits per heavy atom. The molecule has 1 aliphatic carbocycles. The van der Waals surface area contributed by atoms with Crippen molar-refractivity contribution in [3.05, 3.63) is 33.9 Å². The monoisotopic (exact) mass is 218 g/mol. The average molecular weight is 218 g/mol. The third-order valence-corrected chi connectivity index (χ3v) is 2.88. The van der Waals surface area contributed by atoms with Crippen LogP contribution in [-0.2, 0) is 5.41 Å². The van der Waals surface area contributed by atoms with Crippen molar-refractivity contribution < 1.29 is 9.66 Å². The first kappa shape index (κ1) is 10.4. The van der Waals surface area contributed by atoms with Gasteiger partial charge in [-0.25, -0.2) is 0 Å². The number of nitriles is 1. The molecule has 1 aromatic carbocycles. The molecule has 0 heterocycles. The summed E-state index contributed by atoms with van der Waals surface area (Å²) in [7, 11) is 1.39. The van der Waals surface area contributed by atoms with Gasteiger partial charge in [-0.15, -0.1) is 0 Å². The first-order valence-electron chi connectivity index (χ1n) is 4.88. The summed E-state index contributed by atoms with van der Waals surface area (Å²) in [6.45, 7) is 0. The highest BCUT2D eigenvalue weighted by molar-refractivity contribution is 5.59. The van der Waals surface area contributed by atoms with Gasteiger partial charge in [0.1, 0.15) is 0 Å². The first-order valence-corrected chi connectivity index (χ1v) is 4.88. The Morgan fingerprint density at radius 3 is 2.69 bits per heavy atom. The van der Waals surface area contributed by atoms with E-state index in [1.807, 2.05) is 0 Å². The average Bonchev–Trinajstić information content (AvgIpc) is 3.08. The van der Waals surface area contributed by atoms with Crippen LogP contribution in [0.2, 0.25) is 0 Å². The van der Waals surface area contributed by atoms with Crippen molar-refractivity contribution in [1.82, 2.24) is 0 Å². The molecule has 5 nitrogen and oxygen atoms in total. The lowest BCUT2D eigenvalue weighted by Gasteiger charge is -2.09. The van der Waals surface area contributed by atoms with Crippen molar-refractivity contribution in [3.63, 3.8) is 0 Å². The van der Waals surface area contributed by atoms with Gasteiger partial charge in [-0.1, -0.05) is 12.1 Å². The fourth-order valence-corrected chi connectivity index (χ4v) is 1.83. The highest BCUT2D eigenvalue weighted by Gasteiger charge is 2.49. The second-order valence-electron chi connectivity index (χ2n) is 3.81. The standard InChI is InChI=1S/C11H10N2O3/c1-16-9-4-2-3-8(10(9)13(14)15)11(7-12)5-6-11/h2-4H,5-6H2,1H3. The van der Waals surface area contributed by atoms with Gasteiger partial charge in [0, 0.05) is 0 Å². The van der Waals surface area contributed by atoms with Gasteiger partial charge in [0.15, 0.2) is 5.75 Å². The van der Waals surface area contributed by atoms with E-state index in [0.717, 1.165) is 0 Å². The van der Waals surface area contributed by atoms with E-state index in [2.05, 4.69) is 6.07 Å². The van der Waals surface area contributed by atoms with E-state index in [4.69, 9.17) is 10.00 Å². The maximum Gasteiger partial charge on any atom is 0.315 e. The molecule has 1 aromatic rings. The molecule has 16 heavy (non-hydrogen) atoms. The van der Waals surface area contributed by atoms with E-state index in [1.165, 1.54) is 13.2 Å². The molecule has 0 N–H and O–H groups in total. The lowest BCUT2D eigenvalue weighted by molar-refractivity contribution is -0.386. The van der Waals surface area contributed by atoms with E-state index < -0.39 is 10.3 Å². The predicted octanol–water partition coefficient (Wildman–Crippen LogP) is 2.16. The molecule has 0 bridgehead atoms. The third-order valence-electron chi connectivity index (χ3n) is 2.88. The zero-order valence-electron chi connectivity index (χ0n) is 8.77. The second kappa shape index (κ2) is 3.49. The summed E-state index contributed by atoms with van der Waals surface area (Å²) in [5, 5.41) is 20.1. The minimum Gasteiger partial charge on any atom is -0.490 e. The third kappa shape index (κ3) is 1.39.